The zero-order valence-electron chi connectivity index (χ0n) is 7.87. The Morgan fingerprint density at radius 2 is 1.73 bits per heavy atom. The Labute approximate surface area is 87.7 Å². The van der Waals surface area contributed by atoms with Gasteiger partial charge in [0, 0.05) is 0 Å². The fraction of sp³-hybridized carbons (Fsp3) is 0.333. The van der Waals surface area contributed by atoms with Crippen LogP contribution in [0.5, 0.6) is 5.75 Å². The van der Waals surface area contributed by atoms with Crippen LogP contribution in [0.4, 0.5) is 0 Å². The maximum absolute atomic E-state index is 10.5. The van der Waals surface area contributed by atoms with Crippen LogP contribution in [-0.4, -0.2) is 28.6 Å². The molecular weight excluding hydrogens is 220 g/mol. The highest BCUT2D eigenvalue weighted by Crippen LogP contribution is 2.13. The van der Waals surface area contributed by atoms with Crippen LogP contribution < -0.4 is 0 Å². The predicted molar refractivity (Wildman–Crippen MR) is 54.0 cm³/mol. The summed E-state index contributed by atoms with van der Waals surface area (Å²) in [6.45, 7) is 0. The van der Waals surface area contributed by atoms with Crippen LogP contribution in [0.15, 0.2) is 24.3 Å². The van der Waals surface area contributed by atoms with Gasteiger partial charge in [-0.15, -0.1) is 0 Å². The molecule has 6 heteroatoms. The summed E-state index contributed by atoms with van der Waals surface area (Å²) in [6.07, 6.45) is 0.227. The number of aromatic hydroxyl groups is 1. The molecule has 84 valence electrons. The molecule has 0 aliphatic heterocycles. The highest BCUT2D eigenvalue weighted by molar-refractivity contribution is 7.86. The zero-order chi connectivity index (χ0) is 11.5. The molecule has 1 unspecified atom stereocenters. The first kappa shape index (κ1) is 12.0. The zero-order valence-corrected chi connectivity index (χ0v) is 8.68. The molecule has 0 saturated carbocycles. The van der Waals surface area contributed by atoms with E-state index >= 15 is 0 Å². The van der Waals surface area contributed by atoms with Gasteiger partial charge in [0.05, 0.1) is 0 Å². The topological polar surface area (TPSA) is 94.8 Å². The van der Waals surface area contributed by atoms with E-state index in [1.54, 1.807) is 12.1 Å². The van der Waals surface area contributed by atoms with Gasteiger partial charge in [-0.05, 0) is 30.5 Å². The fourth-order valence-corrected chi connectivity index (χ4v) is 1.52. The van der Waals surface area contributed by atoms with E-state index in [2.05, 4.69) is 0 Å². The molecular formula is C9H12O5S. The quantitative estimate of drug-likeness (QED) is 0.658. The predicted octanol–water partition coefficient (Wildman–Crippen LogP) is 0.531. The summed E-state index contributed by atoms with van der Waals surface area (Å²) in [7, 11) is -4.37. The lowest BCUT2D eigenvalue weighted by Crippen LogP contribution is -2.20. The minimum absolute atomic E-state index is 0.0798. The molecule has 1 atom stereocenters. The third-order valence-corrected chi connectivity index (χ3v) is 2.88. The second-order valence-corrected chi connectivity index (χ2v) is 4.75. The number of rotatable bonds is 4. The monoisotopic (exact) mass is 232 g/mol. The van der Waals surface area contributed by atoms with E-state index < -0.39 is 15.6 Å². The minimum atomic E-state index is -4.37. The van der Waals surface area contributed by atoms with E-state index in [9.17, 15) is 8.42 Å². The number of phenols is 1. The molecule has 0 aromatic heterocycles. The van der Waals surface area contributed by atoms with E-state index in [1.165, 1.54) is 12.1 Å². The van der Waals surface area contributed by atoms with Crippen molar-refractivity contribution in [3.05, 3.63) is 29.8 Å². The number of benzene rings is 1. The molecule has 0 radical (unpaired) electrons. The van der Waals surface area contributed by atoms with Crippen LogP contribution in [0.1, 0.15) is 12.0 Å². The van der Waals surface area contributed by atoms with Crippen molar-refractivity contribution in [1.82, 2.24) is 0 Å². The van der Waals surface area contributed by atoms with Crippen molar-refractivity contribution in [2.75, 3.05) is 0 Å². The molecule has 0 heterocycles. The number of aliphatic hydroxyl groups excluding tert-OH is 1. The number of aliphatic hydroxyl groups is 1. The molecule has 0 aliphatic rings. The van der Waals surface area contributed by atoms with Crippen molar-refractivity contribution in [3.8, 4) is 5.75 Å². The molecule has 0 spiro atoms. The van der Waals surface area contributed by atoms with Gasteiger partial charge in [0.25, 0.3) is 10.1 Å². The molecule has 1 aromatic rings. The maximum atomic E-state index is 10.5. The summed E-state index contributed by atoms with van der Waals surface area (Å²) in [5.74, 6) is 0.120. The summed E-state index contributed by atoms with van der Waals surface area (Å²) in [4.78, 5) is 0. The van der Waals surface area contributed by atoms with Gasteiger partial charge in [-0.3, -0.25) is 4.55 Å². The lowest BCUT2D eigenvalue weighted by atomic mass is 10.1. The number of phenolic OH excluding ortho intramolecular Hbond substituents is 1. The minimum Gasteiger partial charge on any atom is -0.508 e. The maximum Gasteiger partial charge on any atom is 0.292 e. The molecule has 15 heavy (non-hydrogen) atoms. The van der Waals surface area contributed by atoms with E-state index in [0.717, 1.165) is 5.56 Å². The third-order valence-electron chi connectivity index (χ3n) is 1.96. The summed E-state index contributed by atoms with van der Waals surface area (Å²) >= 11 is 0. The molecule has 5 nitrogen and oxygen atoms in total. The van der Waals surface area contributed by atoms with Crippen molar-refractivity contribution in [2.24, 2.45) is 0 Å². The highest BCUT2D eigenvalue weighted by atomic mass is 32.2. The molecule has 1 rings (SSSR count). The molecule has 0 aliphatic carbocycles. The fourth-order valence-electron chi connectivity index (χ4n) is 1.10. The Morgan fingerprint density at radius 3 is 2.20 bits per heavy atom. The van der Waals surface area contributed by atoms with Gasteiger partial charge in [0.1, 0.15) is 5.75 Å². The summed E-state index contributed by atoms with van der Waals surface area (Å²) in [5, 5.41) is 18.0. The van der Waals surface area contributed by atoms with Crippen molar-refractivity contribution in [2.45, 2.75) is 18.3 Å². The Hall–Kier alpha value is -1.11. The molecule has 1 aromatic carbocycles. The largest absolute Gasteiger partial charge is 0.508 e. The summed E-state index contributed by atoms with van der Waals surface area (Å²) in [5.41, 5.74) is -0.984. The lowest BCUT2D eigenvalue weighted by Gasteiger charge is -2.06. The first-order valence-corrected chi connectivity index (χ1v) is 5.82. The van der Waals surface area contributed by atoms with Crippen molar-refractivity contribution in [3.63, 3.8) is 0 Å². The van der Waals surface area contributed by atoms with Gasteiger partial charge in [-0.1, -0.05) is 12.1 Å². The van der Waals surface area contributed by atoms with Crippen LogP contribution in [0.25, 0.3) is 0 Å². The SMILES string of the molecule is O=S(=O)(O)C(O)CCc1ccc(O)cc1. The molecule has 3 N–H and O–H groups in total. The Balaban J connectivity index is 2.55. The average Bonchev–Trinajstić information content (AvgIpc) is 2.15. The van der Waals surface area contributed by atoms with Gasteiger partial charge in [-0.2, -0.15) is 8.42 Å². The first-order valence-electron chi connectivity index (χ1n) is 4.32. The lowest BCUT2D eigenvalue weighted by molar-refractivity contribution is 0.224. The van der Waals surface area contributed by atoms with Crippen LogP contribution in [0.3, 0.4) is 0 Å². The molecule has 0 amide bonds. The smallest absolute Gasteiger partial charge is 0.292 e. The second kappa shape index (κ2) is 4.61. The summed E-state index contributed by atoms with van der Waals surface area (Å²) < 4.78 is 29.4. The standard InChI is InChI=1S/C9H12O5S/c10-8-4-1-7(2-5-8)3-6-9(11)15(12,13)14/h1-2,4-5,9-11H,3,6H2,(H,12,13,14). The number of hydrogen-bond donors (Lipinski definition) is 3. The molecule has 0 saturated heterocycles. The Morgan fingerprint density at radius 1 is 1.20 bits per heavy atom. The molecule has 0 bridgehead atoms. The van der Waals surface area contributed by atoms with Crippen LogP contribution in [0, 0.1) is 0 Å². The number of aryl methyl sites for hydroxylation is 1. The van der Waals surface area contributed by atoms with Crippen LogP contribution in [-0.2, 0) is 16.5 Å². The summed E-state index contributed by atoms with van der Waals surface area (Å²) in [6, 6.07) is 6.17. The average molecular weight is 232 g/mol. The molecule has 0 fully saturated rings. The van der Waals surface area contributed by atoms with Gasteiger partial charge in [0.15, 0.2) is 5.44 Å². The Bertz CT molecular complexity index is 409. The Kier molecular flexibility index (Phi) is 3.67. The van der Waals surface area contributed by atoms with E-state index in [4.69, 9.17) is 14.8 Å². The third kappa shape index (κ3) is 3.86. The first-order chi connectivity index (χ1) is 6.89. The normalized spacial score (nSPS) is 13.7. The number of hydrogen-bond acceptors (Lipinski definition) is 4. The van der Waals surface area contributed by atoms with Gasteiger partial charge in [-0.25, -0.2) is 0 Å². The van der Waals surface area contributed by atoms with E-state index in [1.807, 2.05) is 0 Å². The van der Waals surface area contributed by atoms with Crippen LogP contribution >= 0.6 is 0 Å². The highest BCUT2D eigenvalue weighted by Gasteiger charge is 2.18. The second-order valence-electron chi connectivity index (χ2n) is 3.17. The van der Waals surface area contributed by atoms with Crippen LogP contribution in [0.2, 0.25) is 0 Å². The van der Waals surface area contributed by atoms with E-state index in [0.29, 0.717) is 6.42 Å². The van der Waals surface area contributed by atoms with Gasteiger partial charge >= 0.3 is 0 Å². The van der Waals surface area contributed by atoms with Crippen molar-refractivity contribution < 1.29 is 23.2 Å². The van der Waals surface area contributed by atoms with Crippen molar-refractivity contribution >= 4 is 10.1 Å². The van der Waals surface area contributed by atoms with E-state index in [-0.39, 0.29) is 12.2 Å². The van der Waals surface area contributed by atoms with Crippen molar-refractivity contribution in [1.29, 1.82) is 0 Å². The van der Waals surface area contributed by atoms with Gasteiger partial charge in [0.2, 0.25) is 0 Å². The van der Waals surface area contributed by atoms with Gasteiger partial charge < -0.3 is 10.2 Å².